The molecule has 104 valence electrons. The summed E-state index contributed by atoms with van der Waals surface area (Å²) in [4.78, 5) is 1.45. The van der Waals surface area contributed by atoms with Crippen LogP contribution in [0.3, 0.4) is 0 Å². The van der Waals surface area contributed by atoms with Crippen molar-refractivity contribution in [2.45, 2.75) is 24.7 Å². The highest BCUT2D eigenvalue weighted by Crippen LogP contribution is 2.39. The van der Waals surface area contributed by atoms with Crippen LogP contribution in [0.15, 0.2) is 45.8 Å². The molecular formula is C17H18BrNS. The topological polar surface area (TPSA) is 12.0 Å². The van der Waals surface area contributed by atoms with Gasteiger partial charge >= 0.3 is 0 Å². The van der Waals surface area contributed by atoms with E-state index in [1.807, 2.05) is 11.8 Å². The second kappa shape index (κ2) is 5.82. The van der Waals surface area contributed by atoms with Gasteiger partial charge in [-0.2, -0.15) is 0 Å². The van der Waals surface area contributed by atoms with E-state index in [-0.39, 0.29) is 0 Å². The molecule has 1 aliphatic rings. The van der Waals surface area contributed by atoms with Gasteiger partial charge in [0.1, 0.15) is 0 Å². The van der Waals surface area contributed by atoms with Crippen molar-refractivity contribution in [1.29, 1.82) is 0 Å². The van der Waals surface area contributed by atoms with Gasteiger partial charge in [0, 0.05) is 33.3 Å². The first kappa shape index (κ1) is 14.0. The normalized spacial score (nSPS) is 17.1. The Morgan fingerprint density at radius 1 is 1.20 bits per heavy atom. The van der Waals surface area contributed by atoms with Crippen molar-refractivity contribution in [3.8, 4) is 0 Å². The van der Waals surface area contributed by atoms with E-state index in [0.717, 1.165) is 6.54 Å². The summed E-state index contributed by atoms with van der Waals surface area (Å²) in [6.45, 7) is 5.29. The molecule has 3 heteroatoms. The van der Waals surface area contributed by atoms with Gasteiger partial charge in [-0.25, -0.2) is 0 Å². The average molecular weight is 348 g/mol. The van der Waals surface area contributed by atoms with Gasteiger partial charge in [-0.15, -0.1) is 11.8 Å². The molecule has 0 fully saturated rings. The number of fused-ring (bicyclic) bond motifs is 1. The SMILES string of the molecule is Cc1cc(NCC2CSc3ccccc32)cc(C)c1Br. The molecule has 2 aromatic rings. The summed E-state index contributed by atoms with van der Waals surface area (Å²) in [5, 5.41) is 3.60. The Morgan fingerprint density at radius 3 is 2.65 bits per heavy atom. The molecule has 0 saturated heterocycles. The minimum Gasteiger partial charge on any atom is -0.384 e. The Bertz CT molecular complexity index is 616. The Balaban J connectivity index is 1.72. The highest BCUT2D eigenvalue weighted by atomic mass is 79.9. The number of aryl methyl sites for hydroxylation is 2. The number of halogens is 1. The quantitative estimate of drug-likeness (QED) is 0.801. The van der Waals surface area contributed by atoms with Crippen LogP contribution in [0.2, 0.25) is 0 Å². The van der Waals surface area contributed by atoms with Crippen molar-refractivity contribution in [1.82, 2.24) is 0 Å². The molecule has 0 spiro atoms. The average Bonchev–Trinajstić information content (AvgIpc) is 2.85. The summed E-state index contributed by atoms with van der Waals surface area (Å²) >= 11 is 5.59. The van der Waals surface area contributed by atoms with Crippen LogP contribution in [-0.4, -0.2) is 12.3 Å². The lowest BCUT2D eigenvalue weighted by molar-refractivity contribution is 0.818. The van der Waals surface area contributed by atoms with Gasteiger partial charge in [0.05, 0.1) is 0 Å². The summed E-state index contributed by atoms with van der Waals surface area (Å²) in [7, 11) is 0. The van der Waals surface area contributed by atoms with Crippen LogP contribution < -0.4 is 5.32 Å². The number of anilines is 1. The first-order valence-corrected chi connectivity index (χ1v) is 8.65. The van der Waals surface area contributed by atoms with E-state index in [2.05, 4.69) is 71.5 Å². The largest absolute Gasteiger partial charge is 0.384 e. The molecule has 0 radical (unpaired) electrons. The van der Waals surface area contributed by atoms with Crippen LogP contribution in [0.5, 0.6) is 0 Å². The molecule has 1 N–H and O–H groups in total. The van der Waals surface area contributed by atoms with Gasteiger partial charge in [0.2, 0.25) is 0 Å². The van der Waals surface area contributed by atoms with Gasteiger partial charge in [-0.3, -0.25) is 0 Å². The molecule has 0 amide bonds. The third kappa shape index (κ3) is 2.75. The van der Waals surface area contributed by atoms with E-state index in [9.17, 15) is 0 Å². The highest BCUT2D eigenvalue weighted by molar-refractivity contribution is 9.10. The maximum atomic E-state index is 3.62. The predicted octanol–water partition coefficient (Wildman–Crippen LogP) is 5.37. The van der Waals surface area contributed by atoms with E-state index < -0.39 is 0 Å². The van der Waals surface area contributed by atoms with E-state index in [1.165, 1.54) is 37.5 Å². The van der Waals surface area contributed by atoms with E-state index >= 15 is 0 Å². The third-order valence-electron chi connectivity index (χ3n) is 3.79. The molecule has 0 aromatic heterocycles. The van der Waals surface area contributed by atoms with Gasteiger partial charge in [-0.1, -0.05) is 34.1 Å². The molecule has 0 bridgehead atoms. The van der Waals surface area contributed by atoms with Crippen molar-refractivity contribution in [2.75, 3.05) is 17.6 Å². The third-order valence-corrected chi connectivity index (χ3v) is 6.29. The van der Waals surface area contributed by atoms with Crippen LogP contribution in [0.4, 0.5) is 5.69 Å². The molecular weight excluding hydrogens is 330 g/mol. The molecule has 0 saturated carbocycles. The molecule has 1 aliphatic heterocycles. The van der Waals surface area contributed by atoms with Gasteiger partial charge in [0.15, 0.2) is 0 Å². The van der Waals surface area contributed by atoms with Crippen LogP contribution in [0.1, 0.15) is 22.6 Å². The second-order valence-corrected chi connectivity index (χ2v) is 7.21. The summed E-state index contributed by atoms with van der Waals surface area (Å²) in [5.41, 5.74) is 5.29. The second-order valence-electron chi connectivity index (χ2n) is 5.35. The Kier molecular flexibility index (Phi) is 4.08. The smallest absolute Gasteiger partial charge is 0.0346 e. The fraction of sp³-hybridized carbons (Fsp3) is 0.294. The standard InChI is InChI=1S/C17H18BrNS/c1-11-7-14(8-12(2)17(11)18)19-9-13-10-20-16-6-4-3-5-15(13)16/h3-8,13,19H,9-10H2,1-2H3. The molecule has 20 heavy (non-hydrogen) atoms. The van der Waals surface area contributed by atoms with Crippen LogP contribution in [0.25, 0.3) is 0 Å². The van der Waals surface area contributed by atoms with Gasteiger partial charge in [0.25, 0.3) is 0 Å². The zero-order chi connectivity index (χ0) is 14.1. The molecule has 2 aromatic carbocycles. The van der Waals surface area contributed by atoms with E-state index in [1.54, 1.807) is 0 Å². The Morgan fingerprint density at radius 2 is 1.90 bits per heavy atom. The predicted molar refractivity (Wildman–Crippen MR) is 92.0 cm³/mol. The van der Waals surface area contributed by atoms with Crippen LogP contribution in [0, 0.1) is 13.8 Å². The number of benzene rings is 2. The van der Waals surface area contributed by atoms with Gasteiger partial charge in [-0.05, 0) is 48.7 Å². The fourth-order valence-electron chi connectivity index (χ4n) is 2.69. The summed E-state index contributed by atoms with van der Waals surface area (Å²) in [6.07, 6.45) is 0. The monoisotopic (exact) mass is 347 g/mol. The fourth-order valence-corrected chi connectivity index (χ4v) is 4.17. The van der Waals surface area contributed by atoms with Crippen molar-refractivity contribution >= 4 is 33.4 Å². The van der Waals surface area contributed by atoms with E-state index in [4.69, 9.17) is 0 Å². The van der Waals surface area contributed by atoms with Crippen molar-refractivity contribution in [3.63, 3.8) is 0 Å². The summed E-state index contributed by atoms with van der Waals surface area (Å²) < 4.78 is 1.21. The van der Waals surface area contributed by atoms with E-state index in [0.29, 0.717) is 5.92 Å². The molecule has 3 rings (SSSR count). The Labute approximate surface area is 133 Å². The lowest BCUT2D eigenvalue weighted by Crippen LogP contribution is -2.12. The maximum Gasteiger partial charge on any atom is 0.0346 e. The molecule has 1 unspecified atom stereocenters. The zero-order valence-electron chi connectivity index (χ0n) is 11.7. The highest BCUT2D eigenvalue weighted by Gasteiger charge is 2.22. The summed E-state index contributed by atoms with van der Waals surface area (Å²) in [5.74, 6) is 1.79. The van der Waals surface area contributed by atoms with Crippen LogP contribution in [-0.2, 0) is 0 Å². The summed E-state index contributed by atoms with van der Waals surface area (Å²) in [6, 6.07) is 13.2. The maximum absolute atomic E-state index is 3.62. The minimum absolute atomic E-state index is 0.612. The van der Waals surface area contributed by atoms with Crippen molar-refractivity contribution in [2.24, 2.45) is 0 Å². The molecule has 0 aliphatic carbocycles. The first-order valence-electron chi connectivity index (χ1n) is 6.87. The first-order chi connectivity index (χ1) is 9.65. The number of hydrogen-bond acceptors (Lipinski definition) is 2. The zero-order valence-corrected chi connectivity index (χ0v) is 14.1. The van der Waals surface area contributed by atoms with Gasteiger partial charge < -0.3 is 5.32 Å². The lowest BCUT2D eigenvalue weighted by atomic mass is 10.0. The minimum atomic E-state index is 0.612. The number of hydrogen-bond donors (Lipinski definition) is 1. The molecule has 1 heterocycles. The van der Waals surface area contributed by atoms with Crippen molar-refractivity contribution < 1.29 is 0 Å². The Hall–Kier alpha value is -0.930. The van der Waals surface area contributed by atoms with Crippen molar-refractivity contribution in [3.05, 3.63) is 57.6 Å². The number of thioether (sulfide) groups is 1. The lowest BCUT2D eigenvalue weighted by Gasteiger charge is -2.15. The number of rotatable bonds is 3. The molecule has 1 atom stereocenters. The molecule has 1 nitrogen and oxygen atoms in total. The van der Waals surface area contributed by atoms with Crippen LogP contribution >= 0.6 is 27.7 Å². The number of nitrogens with one attached hydrogen (secondary N) is 1.